The van der Waals surface area contributed by atoms with Gasteiger partial charge in [0.1, 0.15) is 5.82 Å². The molecule has 1 fully saturated rings. The van der Waals surface area contributed by atoms with Crippen LogP contribution in [0.15, 0.2) is 0 Å². The Hall–Kier alpha value is -0.910. The van der Waals surface area contributed by atoms with Crippen LogP contribution >= 0.6 is 11.6 Å². The Morgan fingerprint density at radius 2 is 2.00 bits per heavy atom. The minimum atomic E-state index is 0.315. The third kappa shape index (κ3) is 3.16. The minimum absolute atomic E-state index is 0.315. The van der Waals surface area contributed by atoms with Gasteiger partial charge in [-0.1, -0.05) is 0 Å². The Labute approximate surface area is 117 Å². The second kappa shape index (κ2) is 6.03. The summed E-state index contributed by atoms with van der Waals surface area (Å²) in [6.45, 7) is 3.90. The van der Waals surface area contributed by atoms with E-state index < -0.39 is 0 Å². The standard InChI is InChI=1S/C13H18ClN3O2/c14-13-16-11-3-6-19-8-10(11)12(17-13)15-7-9-1-4-18-5-2-9/h9H,1-8H2,(H,15,16,17). The Morgan fingerprint density at radius 1 is 1.16 bits per heavy atom. The first-order chi connectivity index (χ1) is 9.33. The number of ether oxygens (including phenoxy) is 2. The maximum Gasteiger partial charge on any atom is 0.224 e. The average Bonchev–Trinajstić information content (AvgIpc) is 2.45. The van der Waals surface area contributed by atoms with Gasteiger partial charge in [-0.3, -0.25) is 0 Å². The van der Waals surface area contributed by atoms with Gasteiger partial charge in [-0.25, -0.2) is 9.97 Å². The Balaban J connectivity index is 1.70. The molecule has 0 atom stereocenters. The van der Waals surface area contributed by atoms with Crippen molar-refractivity contribution in [3.8, 4) is 0 Å². The molecular weight excluding hydrogens is 266 g/mol. The summed E-state index contributed by atoms with van der Waals surface area (Å²) >= 11 is 5.98. The molecule has 1 aromatic heterocycles. The monoisotopic (exact) mass is 283 g/mol. The van der Waals surface area contributed by atoms with E-state index in [-0.39, 0.29) is 0 Å². The fourth-order valence-electron chi connectivity index (χ4n) is 2.54. The first-order valence-electron chi connectivity index (χ1n) is 6.77. The zero-order chi connectivity index (χ0) is 13.1. The van der Waals surface area contributed by atoms with Crippen molar-refractivity contribution in [3.63, 3.8) is 0 Å². The van der Waals surface area contributed by atoms with Crippen LogP contribution in [0.5, 0.6) is 0 Å². The summed E-state index contributed by atoms with van der Waals surface area (Å²) in [6, 6.07) is 0. The lowest BCUT2D eigenvalue weighted by Crippen LogP contribution is -2.24. The van der Waals surface area contributed by atoms with Gasteiger partial charge >= 0.3 is 0 Å². The van der Waals surface area contributed by atoms with Crippen molar-refractivity contribution >= 4 is 17.4 Å². The fourth-order valence-corrected chi connectivity index (χ4v) is 2.73. The predicted molar refractivity (Wildman–Crippen MR) is 72.4 cm³/mol. The molecule has 6 heteroatoms. The van der Waals surface area contributed by atoms with E-state index in [1.807, 2.05) is 0 Å². The van der Waals surface area contributed by atoms with E-state index in [9.17, 15) is 0 Å². The molecule has 0 amide bonds. The highest BCUT2D eigenvalue weighted by Gasteiger charge is 2.19. The van der Waals surface area contributed by atoms with Crippen molar-refractivity contribution in [3.05, 3.63) is 16.5 Å². The quantitative estimate of drug-likeness (QED) is 0.861. The molecule has 0 aliphatic carbocycles. The lowest BCUT2D eigenvalue weighted by molar-refractivity contribution is 0.0698. The summed E-state index contributed by atoms with van der Waals surface area (Å²) in [6.07, 6.45) is 3.01. The highest BCUT2D eigenvalue weighted by Crippen LogP contribution is 2.24. The van der Waals surface area contributed by atoms with Gasteiger partial charge in [0, 0.05) is 31.7 Å². The molecule has 5 nitrogen and oxygen atoms in total. The molecule has 0 aromatic carbocycles. The van der Waals surface area contributed by atoms with Gasteiger partial charge in [-0.15, -0.1) is 0 Å². The second-order valence-corrected chi connectivity index (χ2v) is 5.34. The number of nitrogens with zero attached hydrogens (tertiary/aromatic N) is 2. The fraction of sp³-hybridized carbons (Fsp3) is 0.692. The lowest BCUT2D eigenvalue weighted by Gasteiger charge is -2.24. The van der Waals surface area contributed by atoms with Crippen molar-refractivity contribution in [2.75, 3.05) is 31.7 Å². The molecular formula is C13H18ClN3O2. The van der Waals surface area contributed by atoms with Gasteiger partial charge in [-0.05, 0) is 30.4 Å². The van der Waals surface area contributed by atoms with Crippen molar-refractivity contribution in [1.82, 2.24) is 9.97 Å². The van der Waals surface area contributed by atoms with Crippen LogP contribution in [0.1, 0.15) is 24.1 Å². The first kappa shape index (κ1) is 13.1. The third-order valence-electron chi connectivity index (χ3n) is 3.69. The Morgan fingerprint density at radius 3 is 2.84 bits per heavy atom. The molecule has 3 rings (SSSR count). The summed E-state index contributed by atoms with van der Waals surface area (Å²) in [5, 5.41) is 3.73. The summed E-state index contributed by atoms with van der Waals surface area (Å²) in [5.74, 6) is 1.48. The van der Waals surface area contributed by atoms with Crippen LogP contribution in [-0.4, -0.2) is 36.3 Å². The van der Waals surface area contributed by atoms with Crippen LogP contribution in [-0.2, 0) is 22.5 Å². The van der Waals surface area contributed by atoms with Gasteiger partial charge in [0.15, 0.2) is 0 Å². The number of hydrogen-bond donors (Lipinski definition) is 1. The van der Waals surface area contributed by atoms with Crippen LogP contribution in [0, 0.1) is 5.92 Å². The molecule has 2 aliphatic rings. The third-order valence-corrected chi connectivity index (χ3v) is 3.86. The summed E-state index contributed by atoms with van der Waals surface area (Å²) < 4.78 is 10.9. The number of anilines is 1. The van der Waals surface area contributed by atoms with Gasteiger partial charge in [-0.2, -0.15) is 0 Å². The summed E-state index contributed by atoms with van der Waals surface area (Å²) in [4.78, 5) is 8.59. The number of fused-ring (bicyclic) bond motifs is 1. The average molecular weight is 284 g/mol. The molecule has 3 heterocycles. The van der Waals surface area contributed by atoms with Crippen molar-refractivity contribution in [2.45, 2.75) is 25.9 Å². The van der Waals surface area contributed by atoms with E-state index in [0.717, 1.165) is 56.1 Å². The van der Waals surface area contributed by atoms with Crippen molar-refractivity contribution < 1.29 is 9.47 Å². The number of hydrogen-bond acceptors (Lipinski definition) is 5. The van der Waals surface area contributed by atoms with Gasteiger partial charge in [0.25, 0.3) is 0 Å². The number of nitrogens with one attached hydrogen (secondary N) is 1. The van der Waals surface area contributed by atoms with E-state index in [4.69, 9.17) is 21.1 Å². The Bertz CT molecular complexity index is 450. The van der Waals surface area contributed by atoms with Crippen LogP contribution in [0.4, 0.5) is 5.82 Å². The number of aromatic nitrogens is 2. The second-order valence-electron chi connectivity index (χ2n) is 5.01. The molecule has 0 saturated carbocycles. The Kier molecular flexibility index (Phi) is 4.15. The summed E-state index contributed by atoms with van der Waals surface area (Å²) in [7, 11) is 0. The van der Waals surface area contributed by atoms with Crippen LogP contribution in [0.25, 0.3) is 0 Å². The van der Waals surface area contributed by atoms with Gasteiger partial charge in [0.05, 0.1) is 18.9 Å². The van der Waals surface area contributed by atoms with Crippen LogP contribution < -0.4 is 5.32 Å². The van der Waals surface area contributed by atoms with Crippen molar-refractivity contribution in [1.29, 1.82) is 0 Å². The summed E-state index contributed by atoms with van der Waals surface area (Å²) in [5.41, 5.74) is 2.07. The molecule has 0 radical (unpaired) electrons. The van der Waals surface area contributed by atoms with Crippen LogP contribution in [0.2, 0.25) is 5.28 Å². The van der Waals surface area contributed by atoms with E-state index >= 15 is 0 Å². The van der Waals surface area contributed by atoms with Gasteiger partial charge in [0.2, 0.25) is 5.28 Å². The van der Waals surface area contributed by atoms with E-state index in [0.29, 0.717) is 24.4 Å². The molecule has 1 aromatic rings. The predicted octanol–water partition coefficient (Wildman–Crippen LogP) is 2.04. The van der Waals surface area contributed by atoms with Gasteiger partial charge < -0.3 is 14.8 Å². The molecule has 0 spiro atoms. The first-order valence-corrected chi connectivity index (χ1v) is 7.15. The maximum atomic E-state index is 5.98. The maximum absolute atomic E-state index is 5.98. The van der Waals surface area contributed by atoms with E-state index in [2.05, 4.69) is 15.3 Å². The largest absolute Gasteiger partial charge is 0.381 e. The molecule has 1 N–H and O–H groups in total. The molecule has 0 bridgehead atoms. The lowest BCUT2D eigenvalue weighted by atomic mass is 10.0. The minimum Gasteiger partial charge on any atom is -0.381 e. The molecule has 1 saturated heterocycles. The number of halogens is 1. The zero-order valence-corrected chi connectivity index (χ0v) is 11.6. The zero-order valence-electron chi connectivity index (χ0n) is 10.8. The topological polar surface area (TPSA) is 56.3 Å². The van der Waals surface area contributed by atoms with Crippen LogP contribution in [0.3, 0.4) is 0 Å². The van der Waals surface area contributed by atoms with E-state index in [1.165, 1.54) is 0 Å². The normalized spacial score (nSPS) is 20.1. The number of rotatable bonds is 3. The SMILES string of the molecule is Clc1nc2c(c(NCC3CCOCC3)n1)COCC2. The smallest absolute Gasteiger partial charge is 0.224 e. The molecule has 2 aliphatic heterocycles. The van der Waals surface area contributed by atoms with Crippen molar-refractivity contribution in [2.24, 2.45) is 5.92 Å². The molecule has 0 unspecified atom stereocenters. The van der Waals surface area contributed by atoms with E-state index in [1.54, 1.807) is 0 Å². The molecule has 19 heavy (non-hydrogen) atoms. The highest BCUT2D eigenvalue weighted by molar-refractivity contribution is 6.28. The highest BCUT2D eigenvalue weighted by atomic mass is 35.5. The molecule has 104 valence electrons.